The molecule has 164 valence electrons. The first-order valence-corrected chi connectivity index (χ1v) is 11.5. The summed E-state index contributed by atoms with van der Waals surface area (Å²) in [6, 6.07) is 19.5. The van der Waals surface area contributed by atoms with Crippen molar-refractivity contribution in [3.63, 3.8) is 0 Å². The Morgan fingerprint density at radius 1 is 1.00 bits per heavy atom. The van der Waals surface area contributed by atoms with Crippen molar-refractivity contribution < 1.29 is 9.59 Å². The summed E-state index contributed by atoms with van der Waals surface area (Å²) in [7, 11) is 0. The van der Waals surface area contributed by atoms with E-state index >= 15 is 0 Å². The molecular weight excluding hydrogens is 400 g/mol. The monoisotopic (exact) mass is 428 g/mol. The van der Waals surface area contributed by atoms with E-state index in [2.05, 4.69) is 5.32 Å². The van der Waals surface area contributed by atoms with Crippen molar-refractivity contribution in [3.8, 4) is 5.69 Å². The molecular formula is C26H28N4O2. The Morgan fingerprint density at radius 2 is 1.81 bits per heavy atom. The summed E-state index contributed by atoms with van der Waals surface area (Å²) in [4.78, 5) is 27.0. The number of benzene rings is 2. The molecule has 1 saturated carbocycles. The number of hydrogen-bond acceptors (Lipinski definition) is 3. The van der Waals surface area contributed by atoms with Gasteiger partial charge < -0.3 is 10.2 Å². The second kappa shape index (κ2) is 8.99. The van der Waals surface area contributed by atoms with Gasteiger partial charge >= 0.3 is 0 Å². The largest absolute Gasteiger partial charge is 0.338 e. The predicted octanol–water partition coefficient (Wildman–Crippen LogP) is 4.90. The standard InChI is InChI=1S/C26H28N4O2/c31-25-14-7-15-29(25)18-19-8-6-11-21(16-19)26(32)27-24-17-23(20-9-4-5-10-20)28-30(24)22-12-2-1-3-13-22/h1-3,6,8,11-13,16-17,20H,4-5,7,9-10,14-15,18H2,(H,27,32). The highest BCUT2D eigenvalue weighted by Gasteiger charge is 2.23. The first-order valence-electron chi connectivity index (χ1n) is 11.5. The highest BCUT2D eigenvalue weighted by molar-refractivity contribution is 6.04. The predicted molar refractivity (Wildman–Crippen MR) is 124 cm³/mol. The summed E-state index contributed by atoms with van der Waals surface area (Å²) < 4.78 is 1.83. The zero-order valence-corrected chi connectivity index (χ0v) is 18.2. The van der Waals surface area contributed by atoms with Gasteiger partial charge in [-0.1, -0.05) is 43.2 Å². The molecule has 6 heteroatoms. The van der Waals surface area contributed by atoms with Crippen LogP contribution in [0.1, 0.15) is 66.1 Å². The minimum atomic E-state index is -0.172. The number of nitrogens with zero attached hydrogens (tertiary/aromatic N) is 3. The number of amides is 2. The number of carbonyl (C=O) groups excluding carboxylic acids is 2. The van der Waals surface area contributed by atoms with Crippen LogP contribution < -0.4 is 5.32 Å². The van der Waals surface area contributed by atoms with Crippen molar-refractivity contribution >= 4 is 17.6 Å². The van der Waals surface area contributed by atoms with Gasteiger partial charge in [0.15, 0.2) is 0 Å². The molecule has 2 aromatic carbocycles. The number of hydrogen-bond donors (Lipinski definition) is 1. The van der Waals surface area contributed by atoms with Crippen molar-refractivity contribution in [2.24, 2.45) is 0 Å². The summed E-state index contributed by atoms with van der Waals surface area (Å²) in [6.45, 7) is 1.34. The van der Waals surface area contributed by atoms with Gasteiger partial charge in [-0.3, -0.25) is 9.59 Å². The Labute approximate surface area is 188 Å². The van der Waals surface area contributed by atoms with E-state index in [0.29, 0.717) is 30.3 Å². The van der Waals surface area contributed by atoms with Crippen LogP contribution in [0.2, 0.25) is 0 Å². The van der Waals surface area contributed by atoms with Crippen molar-refractivity contribution in [1.29, 1.82) is 0 Å². The Bertz CT molecular complexity index is 1120. The van der Waals surface area contributed by atoms with E-state index in [-0.39, 0.29) is 11.8 Å². The average molecular weight is 429 g/mol. The fourth-order valence-electron chi connectivity index (χ4n) is 4.77. The molecule has 3 aromatic rings. The van der Waals surface area contributed by atoms with E-state index in [4.69, 9.17) is 5.10 Å². The van der Waals surface area contributed by atoms with Gasteiger partial charge in [0.05, 0.1) is 11.4 Å². The maximum absolute atomic E-state index is 13.1. The number of nitrogens with one attached hydrogen (secondary N) is 1. The van der Waals surface area contributed by atoms with Crippen LogP contribution in [-0.4, -0.2) is 33.0 Å². The van der Waals surface area contributed by atoms with Crippen molar-refractivity contribution in [2.75, 3.05) is 11.9 Å². The van der Waals surface area contributed by atoms with Gasteiger partial charge in [-0.15, -0.1) is 0 Å². The van der Waals surface area contributed by atoms with E-state index < -0.39 is 0 Å². The molecule has 5 rings (SSSR count). The van der Waals surface area contributed by atoms with Gasteiger partial charge in [0.2, 0.25) is 5.91 Å². The normalized spacial score (nSPS) is 16.6. The third kappa shape index (κ3) is 4.31. The van der Waals surface area contributed by atoms with Gasteiger partial charge in [-0.05, 0) is 49.1 Å². The van der Waals surface area contributed by atoms with E-state index in [0.717, 1.165) is 42.8 Å². The molecule has 0 radical (unpaired) electrons. The second-order valence-corrected chi connectivity index (χ2v) is 8.76. The van der Waals surface area contributed by atoms with Crippen LogP contribution >= 0.6 is 0 Å². The van der Waals surface area contributed by atoms with E-state index in [1.54, 1.807) is 0 Å². The van der Waals surface area contributed by atoms with E-state index in [1.165, 1.54) is 12.8 Å². The summed E-state index contributed by atoms with van der Waals surface area (Å²) in [5, 5.41) is 7.94. The molecule has 1 saturated heterocycles. The fourth-order valence-corrected chi connectivity index (χ4v) is 4.77. The Hall–Kier alpha value is -3.41. The molecule has 2 aliphatic rings. The number of anilines is 1. The summed E-state index contributed by atoms with van der Waals surface area (Å²) >= 11 is 0. The number of rotatable bonds is 6. The molecule has 2 fully saturated rings. The van der Waals surface area contributed by atoms with Crippen molar-refractivity contribution in [2.45, 2.75) is 51.0 Å². The Morgan fingerprint density at radius 3 is 2.56 bits per heavy atom. The molecule has 0 bridgehead atoms. The van der Waals surface area contributed by atoms with E-state index in [1.807, 2.05) is 70.2 Å². The number of para-hydroxylation sites is 1. The lowest BCUT2D eigenvalue weighted by molar-refractivity contribution is -0.128. The smallest absolute Gasteiger partial charge is 0.256 e. The molecule has 0 unspecified atom stereocenters. The van der Waals surface area contributed by atoms with Crippen LogP contribution in [0.5, 0.6) is 0 Å². The first kappa shape index (κ1) is 20.5. The minimum absolute atomic E-state index is 0.172. The first-order chi connectivity index (χ1) is 15.7. The maximum Gasteiger partial charge on any atom is 0.256 e. The molecule has 1 N–H and O–H groups in total. The van der Waals surface area contributed by atoms with Crippen LogP contribution in [0.15, 0.2) is 60.7 Å². The summed E-state index contributed by atoms with van der Waals surface area (Å²) in [5.41, 5.74) is 3.52. The molecule has 0 atom stereocenters. The molecule has 32 heavy (non-hydrogen) atoms. The Balaban J connectivity index is 1.39. The SMILES string of the molecule is O=C(Nc1cc(C2CCCC2)nn1-c1ccccc1)c1cccc(CN2CCCC2=O)c1. The molecule has 1 aromatic heterocycles. The fraction of sp³-hybridized carbons (Fsp3) is 0.346. The third-order valence-corrected chi connectivity index (χ3v) is 6.48. The topological polar surface area (TPSA) is 67.2 Å². The van der Waals surface area contributed by atoms with Gasteiger partial charge in [-0.25, -0.2) is 4.68 Å². The summed E-state index contributed by atoms with van der Waals surface area (Å²) in [5.74, 6) is 1.15. The number of likely N-dealkylation sites (tertiary alicyclic amines) is 1. The Kier molecular flexibility index (Phi) is 5.75. The maximum atomic E-state index is 13.1. The van der Waals surface area contributed by atoms with Crippen LogP contribution in [0.25, 0.3) is 5.69 Å². The second-order valence-electron chi connectivity index (χ2n) is 8.76. The molecule has 2 heterocycles. The number of aromatic nitrogens is 2. The highest BCUT2D eigenvalue weighted by atomic mass is 16.2. The van der Waals surface area contributed by atoms with Gasteiger partial charge in [-0.2, -0.15) is 5.10 Å². The average Bonchev–Trinajstić information content (AvgIpc) is 3.57. The van der Waals surface area contributed by atoms with Crippen molar-refractivity contribution in [1.82, 2.24) is 14.7 Å². The van der Waals surface area contributed by atoms with Gasteiger partial charge in [0.1, 0.15) is 5.82 Å². The lowest BCUT2D eigenvalue weighted by atomic mass is 10.0. The van der Waals surface area contributed by atoms with Crippen LogP contribution in [0.3, 0.4) is 0 Å². The minimum Gasteiger partial charge on any atom is -0.338 e. The highest BCUT2D eigenvalue weighted by Crippen LogP contribution is 2.35. The molecule has 1 aliphatic heterocycles. The van der Waals surface area contributed by atoms with Gasteiger partial charge in [0, 0.05) is 37.1 Å². The quantitative estimate of drug-likeness (QED) is 0.607. The van der Waals surface area contributed by atoms with Crippen LogP contribution in [-0.2, 0) is 11.3 Å². The van der Waals surface area contributed by atoms with E-state index in [9.17, 15) is 9.59 Å². The lowest BCUT2D eigenvalue weighted by Gasteiger charge is -2.16. The summed E-state index contributed by atoms with van der Waals surface area (Å²) in [6.07, 6.45) is 6.29. The molecule has 1 aliphatic carbocycles. The zero-order chi connectivity index (χ0) is 21.9. The third-order valence-electron chi connectivity index (χ3n) is 6.48. The zero-order valence-electron chi connectivity index (χ0n) is 18.2. The van der Waals surface area contributed by atoms with Gasteiger partial charge in [0.25, 0.3) is 5.91 Å². The van der Waals surface area contributed by atoms with Crippen molar-refractivity contribution in [3.05, 3.63) is 77.5 Å². The lowest BCUT2D eigenvalue weighted by Crippen LogP contribution is -2.24. The van der Waals surface area contributed by atoms with Crippen LogP contribution in [0, 0.1) is 0 Å². The molecule has 0 spiro atoms. The molecule has 2 amide bonds. The molecule has 6 nitrogen and oxygen atoms in total. The number of carbonyl (C=O) groups is 2. The van der Waals surface area contributed by atoms with Crippen LogP contribution in [0.4, 0.5) is 5.82 Å².